The van der Waals surface area contributed by atoms with Crippen molar-refractivity contribution in [1.82, 2.24) is 0 Å². The van der Waals surface area contributed by atoms with Crippen LogP contribution in [-0.4, -0.2) is 8.42 Å². The molecule has 6 heteroatoms. The fourth-order valence-electron chi connectivity index (χ4n) is 1.67. The first kappa shape index (κ1) is 13.9. The Morgan fingerprint density at radius 2 is 1.79 bits per heavy atom. The summed E-state index contributed by atoms with van der Waals surface area (Å²) in [7, 11) is -3.63. The van der Waals surface area contributed by atoms with Gasteiger partial charge < -0.3 is 5.73 Å². The quantitative estimate of drug-likeness (QED) is 0.843. The van der Waals surface area contributed by atoms with E-state index in [-0.39, 0.29) is 4.90 Å². The molecule has 0 aliphatic rings. The summed E-state index contributed by atoms with van der Waals surface area (Å²) in [5.41, 5.74) is 7.54. The predicted octanol–water partition coefficient (Wildman–Crippen LogP) is 3.14. The van der Waals surface area contributed by atoms with E-state index in [1.807, 2.05) is 6.92 Å². The molecule has 0 radical (unpaired) electrons. The fourth-order valence-corrected chi connectivity index (χ4v) is 3.62. The molecule has 2 aromatic carbocycles. The molecule has 0 aliphatic carbocycles. The van der Waals surface area contributed by atoms with Crippen molar-refractivity contribution in [1.29, 1.82) is 0 Å². The van der Waals surface area contributed by atoms with Crippen LogP contribution in [0.15, 0.2) is 51.8 Å². The molecule has 0 heterocycles. The summed E-state index contributed by atoms with van der Waals surface area (Å²) in [6, 6.07) is 11.7. The fraction of sp³-hybridized carbons (Fsp3) is 0.0769. The first-order valence-corrected chi connectivity index (χ1v) is 7.81. The van der Waals surface area contributed by atoms with E-state index in [2.05, 4.69) is 20.7 Å². The topological polar surface area (TPSA) is 72.2 Å². The molecule has 0 fully saturated rings. The van der Waals surface area contributed by atoms with E-state index in [0.717, 1.165) is 5.56 Å². The number of anilines is 2. The summed E-state index contributed by atoms with van der Waals surface area (Å²) in [4.78, 5) is 0.196. The summed E-state index contributed by atoms with van der Waals surface area (Å²) >= 11 is 3.32. The number of hydrogen-bond donors (Lipinski definition) is 2. The van der Waals surface area contributed by atoms with Crippen LogP contribution in [-0.2, 0) is 10.0 Å². The minimum atomic E-state index is -3.63. The molecule has 3 N–H and O–H groups in total. The normalized spacial score (nSPS) is 11.3. The van der Waals surface area contributed by atoms with E-state index in [4.69, 9.17) is 5.73 Å². The van der Waals surface area contributed by atoms with Crippen LogP contribution in [0.25, 0.3) is 0 Å². The number of aryl methyl sites for hydroxylation is 1. The summed E-state index contributed by atoms with van der Waals surface area (Å²) in [6.45, 7) is 1.89. The van der Waals surface area contributed by atoms with Crippen molar-refractivity contribution in [3.63, 3.8) is 0 Å². The Kier molecular flexibility index (Phi) is 3.82. The highest BCUT2D eigenvalue weighted by Crippen LogP contribution is 2.32. The zero-order valence-electron chi connectivity index (χ0n) is 10.2. The van der Waals surface area contributed by atoms with Gasteiger partial charge in [0.05, 0.1) is 16.3 Å². The van der Waals surface area contributed by atoms with Crippen LogP contribution < -0.4 is 10.5 Å². The van der Waals surface area contributed by atoms with E-state index in [9.17, 15) is 8.42 Å². The largest absolute Gasteiger partial charge is 0.397 e. The maximum absolute atomic E-state index is 12.2. The third-order valence-electron chi connectivity index (χ3n) is 2.56. The number of rotatable bonds is 3. The average Bonchev–Trinajstić information content (AvgIpc) is 2.35. The van der Waals surface area contributed by atoms with Gasteiger partial charge >= 0.3 is 0 Å². The number of nitrogens with two attached hydrogens (primary N) is 1. The Labute approximate surface area is 120 Å². The van der Waals surface area contributed by atoms with Crippen molar-refractivity contribution in [2.24, 2.45) is 0 Å². The van der Waals surface area contributed by atoms with Gasteiger partial charge in [0.25, 0.3) is 10.0 Å². The Morgan fingerprint density at radius 3 is 2.37 bits per heavy atom. The van der Waals surface area contributed by atoms with Gasteiger partial charge in [0.2, 0.25) is 0 Å². The van der Waals surface area contributed by atoms with Crippen LogP contribution in [0.4, 0.5) is 11.4 Å². The van der Waals surface area contributed by atoms with Crippen molar-refractivity contribution in [3.05, 3.63) is 52.5 Å². The third-order valence-corrected chi connectivity index (χ3v) is 4.55. The Morgan fingerprint density at radius 1 is 1.16 bits per heavy atom. The maximum atomic E-state index is 12.2. The molecular formula is C13H13BrN2O2S. The molecule has 19 heavy (non-hydrogen) atoms. The van der Waals surface area contributed by atoms with Gasteiger partial charge in [-0.05, 0) is 52.7 Å². The lowest BCUT2D eigenvalue weighted by Gasteiger charge is -2.13. The first-order chi connectivity index (χ1) is 8.90. The number of hydrogen-bond acceptors (Lipinski definition) is 3. The highest BCUT2D eigenvalue weighted by Gasteiger charge is 2.17. The number of nitrogen functional groups attached to an aromatic ring is 1. The van der Waals surface area contributed by atoms with Crippen molar-refractivity contribution in [2.75, 3.05) is 10.5 Å². The highest BCUT2D eigenvalue weighted by molar-refractivity contribution is 9.10. The first-order valence-electron chi connectivity index (χ1n) is 5.53. The van der Waals surface area contributed by atoms with Gasteiger partial charge in [-0.25, -0.2) is 8.42 Å². The molecule has 100 valence electrons. The van der Waals surface area contributed by atoms with Gasteiger partial charge in [0.1, 0.15) is 0 Å². The summed E-state index contributed by atoms with van der Waals surface area (Å²) in [5.74, 6) is 0. The Hall–Kier alpha value is -1.53. The minimum absolute atomic E-state index is 0.196. The van der Waals surface area contributed by atoms with Crippen LogP contribution in [0, 0.1) is 6.92 Å². The molecule has 0 saturated carbocycles. The lowest BCUT2D eigenvalue weighted by atomic mass is 10.2. The van der Waals surface area contributed by atoms with Gasteiger partial charge in [0, 0.05) is 4.47 Å². The molecule has 2 aromatic rings. The van der Waals surface area contributed by atoms with E-state index in [1.54, 1.807) is 30.3 Å². The zero-order valence-corrected chi connectivity index (χ0v) is 12.6. The second-order valence-corrected chi connectivity index (χ2v) is 6.67. The zero-order chi connectivity index (χ0) is 14.0. The van der Waals surface area contributed by atoms with Gasteiger partial charge in [-0.3, -0.25) is 4.72 Å². The number of nitrogens with one attached hydrogen (secondary N) is 1. The summed E-state index contributed by atoms with van der Waals surface area (Å²) in [6.07, 6.45) is 0. The van der Waals surface area contributed by atoms with E-state index in [0.29, 0.717) is 15.8 Å². The number of sulfonamides is 1. The minimum Gasteiger partial charge on any atom is -0.397 e. The number of benzene rings is 2. The van der Waals surface area contributed by atoms with E-state index >= 15 is 0 Å². The van der Waals surface area contributed by atoms with E-state index < -0.39 is 10.0 Å². The molecule has 2 rings (SSSR count). The van der Waals surface area contributed by atoms with E-state index in [1.165, 1.54) is 12.1 Å². The molecule has 0 bridgehead atoms. The lowest BCUT2D eigenvalue weighted by molar-refractivity contribution is 0.601. The van der Waals surface area contributed by atoms with Crippen LogP contribution in [0.2, 0.25) is 0 Å². The van der Waals surface area contributed by atoms with Crippen LogP contribution in [0.5, 0.6) is 0 Å². The Balaban J connectivity index is 2.42. The molecule has 0 atom stereocenters. The molecule has 4 nitrogen and oxygen atoms in total. The smallest absolute Gasteiger partial charge is 0.261 e. The predicted molar refractivity (Wildman–Crippen MR) is 80.5 cm³/mol. The van der Waals surface area contributed by atoms with Crippen molar-refractivity contribution >= 4 is 37.3 Å². The summed E-state index contributed by atoms with van der Waals surface area (Å²) < 4.78 is 27.5. The monoisotopic (exact) mass is 340 g/mol. The molecule has 0 spiro atoms. The Bertz CT molecular complexity index is 677. The van der Waals surface area contributed by atoms with Crippen LogP contribution in [0.3, 0.4) is 0 Å². The lowest BCUT2D eigenvalue weighted by Crippen LogP contribution is -2.14. The molecule has 0 unspecified atom stereocenters. The second-order valence-electron chi connectivity index (χ2n) is 4.13. The maximum Gasteiger partial charge on any atom is 0.261 e. The van der Waals surface area contributed by atoms with Gasteiger partial charge in [-0.1, -0.05) is 18.2 Å². The molecule has 0 aromatic heterocycles. The third kappa shape index (κ3) is 3.08. The van der Waals surface area contributed by atoms with Gasteiger partial charge in [0.15, 0.2) is 0 Å². The van der Waals surface area contributed by atoms with Crippen molar-refractivity contribution < 1.29 is 8.42 Å². The number of halogens is 1. The average molecular weight is 341 g/mol. The van der Waals surface area contributed by atoms with Crippen LogP contribution >= 0.6 is 15.9 Å². The van der Waals surface area contributed by atoms with Gasteiger partial charge in [-0.2, -0.15) is 0 Å². The molecule has 0 amide bonds. The van der Waals surface area contributed by atoms with Crippen molar-refractivity contribution in [3.8, 4) is 0 Å². The van der Waals surface area contributed by atoms with Gasteiger partial charge in [-0.15, -0.1) is 0 Å². The van der Waals surface area contributed by atoms with Crippen LogP contribution in [0.1, 0.15) is 5.56 Å². The second kappa shape index (κ2) is 5.22. The van der Waals surface area contributed by atoms with Crippen molar-refractivity contribution in [2.45, 2.75) is 11.8 Å². The standard InChI is InChI=1S/C13H13BrN2O2S/c1-9-7-11(14)13(12(15)8-9)16-19(17,18)10-5-3-2-4-6-10/h2-8,16H,15H2,1H3. The molecule has 0 saturated heterocycles. The SMILES string of the molecule is Cc1cc(N)c(NS(=O)(=O)c2ccccc2)c(Br)c1. The molecule has 0 aliphatic heterocycles. The highest BCUT2D eigenvalue weighted by atomic mass is 79.9. The summed E-state index contributed by atoms with van der Waals surface area (Å²) in [5, 5.41) is 0. The molecular weight excluding hydrogens is 328 g/mol.